The Balaban J connectivity index is 2.88. The highest BCUT2D eigenvalue weighted by Crippen LogP contribution is 2.18. The first-order valence-electron chi connectivity index (χ1n) is 9.29. The Hall–Kier alpha value is -2.04. The number of aliphatic hydroxyl groups is 1. The highest BCUT2D eigenvalue weighted by molar-refractivity contribution is 5.93. The molecule has 1 aliphatic rings. The van der Waals surface area contributed by atoms with Crippen molar-refractivity contribution in [2.45, 2.75) is 63.3 Å². The lowest BCUT2D eigenvalue weighted by Crippen LogP contribution is -2.58. The number of aldehydes is 1. The van der Waals surface area contributed by atoms with Crippen LogP contribution in [0.25, 0.3) is 0 Å². The zero-order chi connectivity index (χ0) is 20.4. The average Bonchev–Trinajstić information content (AvgIpc) is 3.12. The Morgan fingerprint density at radius 2 is 1.96 bits per heavy atom. The molecule has 1 aliphatic heterocycles. The van der Waals surface area contributed by atoms with E-state index in [9.17, 15) is 24.3 Å². The van der Waals surface area contributed by atoms with Gasteiger partial charge in [-0.25, -0.2) is 0 Å². The van der Waals surface area contributed by atoms with Gasteiger partial charge in [0.15, 0.2) is 0 Å². The minimum absolute atomic E-state index is 0.329. The zero-order valence-corrected chi connectivity index (χ0v) is 15.7. The van der Waals surface area contributed by atoms with Crippen LogP contribution in [0.5, 0.6) is 0 Å². The number of carbonyl (C=O) groups is 4. The molecule has 7 N–H and O–H groups in total. The van der Waals surface area contributed by atoms with E-state index >= 15 is 0 Å². The summed E-state index contributed by atoms with van der Waals surface area (Å²) in [6.07, 6.45) is 2.53. The minimum Gasteiger partial charge on any atom is -0.391 e. The van der Waals surface area contributed by atoms with Crippen molar-refractivity contribution in [1.29, 1.82) is 0 Å². The number of amides is 3. The van der Waals surface area contributed by atoms with Crippen LogP contribution >= 0.6 is 0 Å². The standard InChI is InChI=1S/C17H31N5O5/c1-11(24)15(21-14(25)9-19)16(26)20-13(6-2-3-7-18)17(27)22-8-4-5-12(22)10-23/h10-13,15,24H,2-9,18-19H2,1H3,(H,20,26)(H,21,25)/t11-,12+,13+,15+/m1/s1. The van der Waals surface area contributed by atoms with Crippen molar-refractivity contribution in [3.63, 3.8) is 0 Å². The largest absolute Gasteiger partial charge is 0.391 e. The van der Waals surface area contributed by atoms with Crippen LogP contribution in [0.2, 0.25) is 0 Å². The summed E-state index contributed by atoms with van der Waals surface area (Å²) in [5.41, 5.74) is 10.7. The molecule has 0 bridgehead atoms. The maximum absolute atomic E-state index is 12.9. The van der Waals surface area contributed by atoms with Crippen molar-refractivity contribution >= 4 is 24.0 Å². The van der Waals surface area contributed by atoms with Crippen molar-refractivity contribution < 1.29 is 24.3 Å². The number of rotatable bonds is 11. The summed E-state index contributed by atoms with van der Waals surface area (Å²) >= 11 is 0. The van der Waals surface area contributed by atoms with Crippen LogP contribution in [-0.2, 0) is 19.2 Å². The van der Waals surface area contributed by atoms with E-state index in [1.807, 2.05) is 0 Å². The molecule has 1 fully saturated rings. The number of unbranched alkanes of at least 4 members (excludes halogenated alkanes) is 1. The molecule has 1 rings (SSSR count). The van der Waals surface area contributed by atoms with E-state index in [0.29, 0.717) is 38.8 Å². The van der Waals surface area contributed by atoms with Gasteiger partial charge in [0.2, 0.25) is 17.7 Å². The third-order valence-corrected chi connectivity index (χ3v) is 4.57. The first-order valence-corrected chi connectivity index (χ1v) is 9.29. The number of nitrogens with one attached hydrogen (secondary N) is 2. The van der Waals surface area contributed by atoms with E-state index in [2.05, 4.69) is 10.6 Å². The molecule has 0 aromatic heterocycles. The molecular weight excluding hydrogens is 354 g/mol. The van der Waals surface area contributed by atoms with Crippen LogP contribution < -0.4 is 22.1 Å². The molecule has 0 saturated carbocycles. The summed E-state index contributed by atoms with van der Waals surface area (Å²) in [5, 5.41) is 14.8. The van der Waals surface area contributed by atoms with Crippen LogP contribution in [0, 0.1) is 0 Å². The molecule has 0 radical (unpaired) electrons. The summed E-state index contributed by atoms with van der Waals surface area (Å²) in [5.74, 6) is -1.62. The Bertz CT molecular complexity index is 528. The summed E-state index contributed by atoms with van der Waals surface area (Å²) in [6.45, 7) is 1.94. The van der Waals surface area contributed by atoms with E-state index < -0.39 is 36.0 Å². The highest BCUT2D eigenvalue weighted by Gasteiger charge is 2.35. The predicted molar refractivity (Wildman–Crippen MR) is 98.3 cm³/mol. The molecule has 154 valence electrons. The molecule has 0 aliphatic carbocycles. The van der Waals surface area contributed by atoms with E-state index in [0.717, 1.165) is 12.7 Å². The Labute approximate surface area is 159 Å². The normalized spacial score (nSPS) is 19.9. The molecule has 10 nitrogen and oxygen atoms in total. The van der Waals surface area contributed by atoms with E-state index in [1.165, 1.54) is 11.8 Å². The fourth-order valence-electron chi connectivity index (χ4n) is 3.06. The second-order valence-electron chi connectivity index (χ2n) is 6.71. The van der Waals surface area contributed by atoms with Gasteiger partial charge >= 0.3 is 0 Å². The number of hydrogen-bond donors (Lipinski definition) is 5. The van der Waals surface area contributed by atoms with Gasteiger partial charge in [-0.15, -0.1) is 0 Å². The van der Waals surface area contributed by atoms with Gasteiger partial charge in [0.05, 0.1) is 18.7 Å². The second-order valence-corrected chi connectivity index (χ2v) is 6.71. The average molecular weight is 385 g/mol. The van der Waals surface area contributed by atoms with E-state index in [-0.39, 0.29) is 12.5 Å². The molecule has 0 aromatic carbocycles. The van der Waals surface area contributed by atoms with Crippen molar-refractivity contribution in [3.8, 4) is 0 Å². The smallest absolute Gasteiger partial charge is 0.245 e. The van der Waals surface area contributed by atoms with Gasteiger partial charge in [0.1, 0.15) is 18.4 Å². The molecule has 0 aromatic rings. The van der Waals surface area contributed by atoms with Gasteiger partial charge < -0.3 is 36.9 Å². The third-order valence-electron chi connectivity index (χ3n) is 4.57. The SMILES string of the molecule is C[C@@H](O)[C@H](NC(=O)CN)C(=O)N[C@@H](CCCCN)C(=O)N1CCC[C@H]1C=O. The van der Waals surface area contributed by atoms with Gasteiger partial charge in [0, 0.05) is 6.54 Å². The molecule has 0 unspecified atom stereocenters. The monoisotopic (exact) mass is 385 g/mol. The fraction of sp³-hybridized carbons (Fsp3) is 0.765. The van der Waals surface area contributed by atoms with E-state index in [1.54, 1.807) is 0 Å². The van der Waals surface area contributed by atoms with Crippen LogP contribution in [0.3, 0.4) is 0 Å². The van der Waals surface area contributed by atoms with Crippen molar-refractivity contribution in [3.05, 3.63) is 0 Å². The van der Waals surface area contributed by atoms with Gasteiger partial charge in [-0.1, -0.05) is 0 Å². The van der Waals surface area contributed by atoms with Crippen LogP contribution in [0.1, 0.15) is 39.0 Å². The molecule has 27 heavy (non-hydrogen) atoms. The number of aliphatic hydroxyl groups excluding tert-OH is 1. The predicted octanol–water partition coefficient (Wildman–Crippen LogP) is -2.39. The second kappa shape index (κ2) is 11.6. The summed E-state index contributed by atoms with van der Waals surface area (Å²) < 4.78 is 0. The lowest BCUT2D eigenvalue weighted by atomic mass is 10.1. The molecule has 1 heterocycles. The first-order chi connectivity index (χ1) is 12.8. The molecular formula is C17H31N5O5. The van der Waals surface area contributed by atoms with Crippen LogP contribution in [-0.4, -0.2) is 77.9 Å². The number of nitrogens with zero attached hydrogens (tertiary/aromatic N) is 1. The maximum Gasteiger partial charge on any atom is 0.245 e. The Kier molecular flexibility index (Phi) is 9.90. The van der Waals surface area contributed by atoms with E-state index in [4.69, 9.17) is 11.5 Å². The number of nitrogens with two attached hydrogens (primary N) is 2. The fourth-order valence-corrected chi connectivity index (χ4v) is 3.06. The summed E-state index contributed by atoms with van der Waals surface area (Å²) in [4.78, 5) is 49.6. The lowest BCUT2D eigenvalue weighted by molar-refractivity contribution is -0.140. The first kappa shape index (κ1) is 23.0. The number of carbonyl (C=O) groups excluding carboxylic acids is 4. The number of hydrogen-bond acceptors (Lipinski definition) is 7. The highest BCUT2D eigenvalue weighted by atomic mass is 16.3. The molecule has 1 saturated heterocycles. The molecule has 10 heteroatoms. The Morgan fingerprint density at radius 1 is 1.26 bits per heavy atom. The quantitative estimate of drug-likeness (QED) is 0.195. The van der Waals surface area contributed by atoms with Crippen LogP contribution in [0.15, 0.2) is 0 Å². The van der Waals surface area contributed by atoms with Gasteiger partial charge in [-0.2, -0.15) is 0 Å². The van der Waals surface area contributed by atoms with Crippen molar-refractivity contribution in [2.24, 2.45) is 11.5 Å². The minimum atomic E-state index is -1.23. The molecule has 4 atom stereocenters. The third kappa shape index (κ3) is 6.89. The number of likely N-dealkylation sites (tertiary alicyclic amines) is 1. The van der Waals surface area contributed by atoms with Gasteiger partial charge in [-0.3, -0.25) is 14.4 Å². The maximum atomic E-state index is 12.9. The van der Waals surface area contributed by atoms with Crippen molar-refractivity contribution in [2.75, 3.05) is 19.6 Å². The van der Waals surface area contributed by atoms with Gasteiger partial charge in [-0.05, 0) is 45.6 Å². The zero-order valence-electron chi connectivity index (χ0n) is 15.7. The van der Waals surface area contributed by atoms with Crippen LogP contribution in [0.4, 0.5) is 0 Å². The van der Waals surface area contributed by atoms with Gasteiger partial charge in [0.25, 0.3) is 0 Å². The topological polar surface area (TPSA) is 168 Å². The molecule has 0 spiro atoms. The summed E-state index contributed by atoms with van der Waals surface area (Å²) in [6, 6.07) is -2.58. The lowest BCUT2D eigenvalue weighted by Gasteiger charge is -2.29. The molecule has 3 amide bonds. The van der Waals surface area contributed by atoms with Crippen molar-refractivity contribution in [1.82, 2.24) is 15.5 Å². The Morgan fingerprint density at radius 3 is 2.52 bits per heavy atom. The summed E-state index contributed by atoms with van der Waals surface area (Å²) in [7, 11) is 0.